The highest BCUT2D eigenvalue weighted by atomic mass is 32.1. The maximum Gasteiger partial charge on any atom is 0.343 e. The van der Waals surface area contributed by atoms with Crippen molar-refractivity contribution in [1.82, 2.24) is 5.43 Å². The number of ether oxygens (including phenoxy) is 3. The summed E-state index contributed by atoms with van der Waals surface area (Å²) >= 11 is 4.66. The maximum atomic E-state index is 12.3. The van der Waals surface area contributed by atoms with E-state index in [0.29, 0.717) is 22.6 Å². The molecule has 0 aliphatic rings. The van der Waals surface area contributed by atoms with Gasteiger partial charge in [-0.15, -0.1) is 0 Å². The fourth-order valence-electron chi connectivity index (χ4n) is 1.91. The van der Waals surface area contributed by atoms with Gasteiger partial charge >= 0.3 is 5.97 Å². The number of hydrazone groups is 1. The van der Waals surface area contributed by atoms with Crippen LogP contribution < -0.4 is 25.4 Å². The van der Waals surface area contributed by atoms with Gasteiger partial charge in [0.1, 0.15) is 5.75 Å². The minimum Gasteiger partial charge on any atom is -0.497 e. The van der Waals surface area contributed by atoms with E-state index in [1.54, 1.807) is 49.6 Å². The number of benzene rings is 2. The van der Waals surface area contributed by atoms with Crippen molar-refractivity contribution in [3.8, 4) is 17.2 Å². The van der Waals surface area contributed by atoms with E-state index in [1.165, 1.54) is 13.3 Å². The number of nitrogens with two attached hydrogens (primary N) is 1. The molecule has 0 amide bonds. The lowest BCUT2D eigenvalue weighted by molar-refractivity contribution is 0.0729. The molecule has 0 saturated carbocycles. The normalized spacial score (nSPS) is 10.3. The van der Waals surface area contributed by atoms with Crippen LogP contribution in [0.1, 0.15) is 15.9 Å². The van der Waals surface area contributed by atoms with E-state index in [2.05, 4.69) is 22.7 Å². The van der Waals surface area contributed by atoms with Crippen molar-refractivity contribution < 1.29 is 19.0 Å². The molecule has 0 heterocycles. The van der Waals surface area contributed by atoms with Crippen molar-refractivity contribution in [1.29, 1.82) is 0 Å². The van der Waals surface area contributed by atoms with E-state index in [-0.39, 0.29) is 10.9 Å². The molecule has 2 aromatic carbocycles. The smallest absolute Gasteiger partial charge is 0.343 e. The Labute approximate surface area is 150 Å². The minimum absolute atomic E-state index is 0.0518. The number of carbonyl (C=O) groups is 1. The first kappa shape index (κ1) is 18.2. The zero-order valence-electron chi connectivity index (χ0n) is 13.7. The van der Waals surface area contributed by atoms with Gasteiger partial charge in [0.2, 0.25) is 0 Å². The highest BCUT2D eigenvalue weighted by Gasteiger charge is 2.13. The summed E-state index contributed by atoms with van der Waals surface area (Å²) in [5.74, 6) is 0.817. The van der Waals surface area contributed by atoms with Gasteiger partial charge in [0, 0.05) is 0 Å². The van der Waals surface area contributed by atoms with Crippen molar-refractivity contribution >= 4 is 29.5 Å². The molecule has 0 fully saturated rings. The molecular formula is C17H17N3O4S. The van der Waals surface area contributed by atoms with E-state index < -0.39 is 5.97 Å². The van der Waals surface area contributed by atoms with Gasteiger partial charge < -0.3 is 19.9 Å². The van der Waals surface area contributed by atoms with Crippen LogP contribution in [-0.2, 0) is 0 Å². The lowest BCUT2D eigenvalue weighted by Gasteiger charge is -2.10. The van der Waals surface area contributed by atoms with Crippen molar-refractivity contribution in [3.05, 3.63) is 53.6 Å². The van der Waals surface area contributed by atoms with Crippen LogP contribution in [0.25, 0.3) is 0 Å². The van der Waals surface area contributed by atoms with Crippen LogP contribution in [0.5, 0.6) is 17.2 Å². The van der Waals surface area contributed by atoms with Crippen LogP contribution in [0.3, 0.4) is 0 Å². The van der Waals surface area contributed by atoms with Gasteiger partial charge in [-0.3, -0.25) is 5.43 Å². The number of thiocarbonyl (C=S) groups is 1. The molecular weight excluding hydrogens is 342 g/mol. The monoisotopic (exact) mass is 359 g/mol. The number of hydrogen-bond donors (Lipinski definition) is 2. The van der Waals surface area contributed by atoms with E-state index >= 15 is 0 Å². The average molecular weight is 359 g/mol. The molecule has 0 spiro atoms. The molecule has 0 radical (unpaired) electrons. The first-order valence-corrected chi connectivity index (χ1v) is 7.57. The number of carbonyl (C=O) groups excluding carboxylic acids is 1. The number of nitrogens with one attached hydrogen (secondary N) is 1. The maximum absolute atomic E-state index is 12.3. The predicted octanol–water partition coefficient (Wildman–Crippen LogP) is 2.09. The Balaban J connectivity index is 2.19. The first-order valence-electron chi connectivity index (χ1n) is 7.16. The zero-order valence-corrected chi connectivity index (χ0v) is 14.5. The molecule has 2 rings (SSSR count). The Kier molecular flexibility index (Phi) is 6.30. The number of hydrogen-bond acceptors (Lipinski definition) is 6. The van der Waals surface area contributed by atoms with E-state index in [1.807, 2.05) is 0 Å². The van der Waals surface area contributed by atoms with Crippen LogP contribution in [0.4, 0.5) is 0 Å². The van der Waals surface area contributed by atoms with Gasteiger partial charge in [-0.25, -0.2) is 4.79 Å². The van der Waals surface area contributed by atoms with Gasteiger partial charge in [-0.05, 0) is 60.2 Å². The number of rotatable bonds is 6. The summed E-state index contributed by atoms with van der Waals surface area (Å²) in [6.07, 6.45) is 1.49. The number of esters is 1. The standard InChI is InChI=1S/C17H17N3O4S/c1-22-13-6-4-12(5-7-13)16(21)24-15-9-11(3-8-14(15)23-2)10-19-20-17(18)25/h3-10H,1-2H3,(H3,18,20,25)/b19-10-. The molecule has 0 atom stereocenters. The Hall–Kier alpha value is -3.13. The van der Waals surface area contributed by atoms with Crippen LogP contribution in [-0.4, -0.2) is 31.5 Å². The highest BCUT2D eigenvalue weighted by molar-refractivity contribution is 7.80. The molecule has 0 unspecified atom stereocenters. The molecule has 8 heteroatoms. The Morgan fingerprint density at radius 1 is 1.12 bits per heavy atom. The molecule has 3 N–H and O–H groups in total. The van der Waals surface area contributed by atoms with Crippen LogP contribution in [0, 0.1) is 0 Å². The summed E-state index contributed by atoms with van der Waals surface area (Å²) in [4.78, 5) is 12.3. The average Bonchev–Trinajstić information content (AvgIpc) is 2.61. The quantitative estimate of drug-likeness (QED) is 0.268. The van der Waals surface area contributed by atoms with Crippen LogP contribution in [0.2, 0.25) is 0 Å². The first-order chi connectivity index (χ1) is 12.0. The van der Waals surface area contributed by atoms with E-state index in [0.717, 1.165) is 0 Å². The van der Waals surface area contributed by atoms with Gasteiger partial charge in [-0.2, -0.15) is 5.10 Å². The van der Waals surface area contributed by atoms with Gasteiger partial charge in [-0.1, -0.05) is 0 Å². The Morgan fingerprint density at radius 3 is 2.44 bits per heavy atom. The third-order valence-corrected chi connectivity index (χ3v) is 3.20. The Bertz CT molecular complexity index is 791. The molecule has 0 bridgehead atoms. The summed E-state index contributed by atoms with van der Waals surface area (Å²) in [5.41, 5.74) is 8.79. The third kappa shape index (κ3) is 5.18. The molecule has 0 aliphatic carbocycles. The SMILES string of the molecule is COc1ccc(C(=O)Oc2cc(/C=N\NC(N)=S)ccc2OC)cc1. The molecule has 130 valence electrons. The zero-order chi connectivity index (χ0) is 18.2. The summed E-state index contributed by atoms with van der Waals surface area (Å²) < 4.78 is 15.7. The van der Waals surface area contributed by atoms with Crippen LogP contribution in [0.15, 0.2) is 47.6 Å². The molecule has 7 nitrogen and oxygen atoms in total. The lowest BCUT2D eigenvalue weighted by Crippen LogP contribution is -2.23. The van der Waals surface area contributed by atoms with Crippen molar-refractivity contribution in [2.24, 2.45) is 10.8 Å². The number of nitrogens with zero attached hydrogens (tertiary/aromatic N) is 1. The summed E-state index contributed by atoms with van der Waals surface area (Å²) in [7, 11) is 3.04. The second-order valence-corrected chi connectivity index (χ2v) is 5.20. The second-order valence-electron chi connectivity index (χ2n) is 4.76. The Morgan fingerprint density at radius 2 is 1.84 bits per heavy atom. The lowest BCUT2D eigenvalue weighted by atomic mass is 10.2. The summed E-state index contributed by atoms with van der Waals surface area (Å²) in [6.45, 7) is 0. The molecule has 0 aromatic heterocycles. The molecule has 0 aliphatic heterocycles. The van der Waals surface area contributed by atoms with Crippen molar-refractivity contribution in [2.45, 2.75) is 0 Å². The fourth-order valence-corrected chi connectivity index (χ4v) is 1.96. The van der Waals surface area contributed by atoms with E-state index in [9.17, 15) is 4.79 Å². The highest BCUT2D eigenvalue weighted by Crippen LogP contribution is 2.28. The fraction of sp³-hybridized carbons (Fsp3) is 0.118. The molecule has 0 saturated heterocycles. The van der Waals surface area contributed by atoms with Gasteiger partial charge in [0.15, 0.2) is 16.6 Å². The molecule has 25 heavy (non-hydrogen) atoms. The predicted molar refractivity (Wildman–Crippen MR) is 98.5 cm³/mol. The van der Waals surface area contributed by atoms with Gasteiger partial charge in [0.05, 0.1) is 26.0 Å². The van der Waals surface area contributed by atoms with E-state index in [4.69, 9.17) is 19.9 Å². The second kappa shape index (κ2) is 8.65. The third-order valence-electron chi connectivity index (χ3n) is 3.10. The topological polar surface area (TPSA) is 95.2 Å². The minimum atomic E-state index is -0.517. The molecule has 2 aromatic rings. The number of methoxy groups -OCH3 is 2. The summed E-state index contributed by atoms with van der Waals surface area (Å²) in [5, 5.41) is 3.91. The summed E-state index contributed by atoms with van der Waals surface area (Å²) in [6, 6.07) is 11.6. The van der Waals surface area contributed by atoms with Crippen LogP contribution >= 0.6 is 12.2 Å². The van der Waals surface area contributed by atoms with Crippen molar-refractivity contribution in [3.63, 3.8) is 0 Å². The van der Waals surface area contributed by atoms with Crippen molar-refractivity contribution in [2.75, 3.05) is 14.2 Å². The van der Waals surface area contributed by atoms with Gasteiger partial charge in [0.25, 0.3) is 0 Å². The largest absolute Gasteiger partial charge is 0.497 e.